The van der Waals surface area contributed by atoms with E-state index in [1.807, 2.05) is 39.0 Å². The molecule has 2 rings (SSSR count). The van der Waals surface area contributed by atoms with Gasteiger partial charge in [0.15, 0.2) is 0 Å². The molecule has 27 heavy (non-hydrogen) atoms. The molecule has 0 aliphatic heterocycles. The average molecular weight is 391 g/mol. The summed E-state index contributed by atoms with van der Waals surface area (Å²) in [6.45, 7) is 7.52. The fourth-order valence-electron chi connectivity index (χ4n) is 2.94. The van der Waals surface area contributed by atoms with Gasteiger partial charge in [0.1, 0.15) is 10.6 Å². The molecule has 7 heteroatoms. The maximum Gasteiger partial charge on any atom is 0.244 e. The number of ether oxygens (including phenoxy) is 1. The predicted molar refractivity (Wildman–Crippen MR) is 107 cm³/mol. The Kier molecular flexibility index (Phi) is 6.62. The maximum atomic E-state index is 12.7. The van der Waals surface area contributed by atoms with Gasteiger partial charge in [-0.1, -0.05) is 12.1 Å². The summed E-state index contributed by atoms with van der Waals surface area (Å²) in [6, 6.07) is 10.8. The summed E-state index contributed by atoms with van der Waals surface area (Å²) in [5.74, 6) is 0.137. The number of rotatable bonds is 7. The van der Waals surface area contributed by atoms with E-state index in [2.05, 4.69) is 4.72 Å². The second-order valence-corrected chi connectivity index (χ2v) is 8.30. The largest absolute Gasteiger partial charge is 0.495 e. The second kappa shape index (κ2) is 8.54. The molecular formula is C20H26N2O4S. The van der Waals surface area contributed by atoms with Crippen molar-refractivity contribution in [3.63, 3.8) is 0 Å². The molecular weight excluding hydrogens is 364 g/mol. The molecule has 1 N–H and O–H groups in total. The summed E-state index contributed by atoms with van der Waals surface area (Å²) in [7, 11) is -2.33. The second-order valence-electron chi connectivity index (χ2n) is 6.57. The summed E-state index contributed by atoms with van der Waals surface area (Å²) in [5.41, 5.74) is 3.66. The molecule has 0 spiro atoms. The number of anilines is 1. The standard InChI is InChI=1S/C20H26N2O4S/c1-14-6-7-19(26-5)20(13-14)27(24,25)21-8-9-22(17(4)23)18-11-15(2)10-16(3)12-18/h6-7,10-13,21H,8-9H2,1-5H3. The zero-order valence-electron chi connectivity index (χ0n) is 16.4. The molecule has 0 saturated heterocycles. The van der Waals surface area contributed by atoms with Crippen LogP contribution < -0.4 is 14.4 Å². The zero-order chi connectivity index (χ0) is 20.2. The summed E-state index contributed by atoms with van der Waals surface area (Å²) in [5, 5.41) is 0. The molecule has 0 aliphatic carbocycles. The fourth-order valence-corrected chi connectivity index (χ4v) is 4.21. The number of hydrogen-bond acceptors (Lipinski definition) is 4. The Hall–Kier alpha value is -2.38. The lowest BCUT2D eigenvalue weighted by Crippen LogP contribution is -2.37. The van der Waals surface area contributed by atoms with Crippen molar-refractivity contribution in [1.82, 2.24) is 4.72 Å². The van der Waals surface area contributed by atoms with E-state index in [9.17, 15) is 13.2 Å². The van der Waals surface area contributed by atoms with Crippen molar-refractivity contribution < 1.29 is 17.9 Å². The number of nitrogens with zero attached hydrogens (tertiary/aromatic N) is 1. The van der Waals surface area contributed by atoms with Crippen LogP contribution in [0.2, 0.25) is 0 Å². The number of hydrogen-bond donors (Lipinski definition) is 1. The lowest BCUT2D eigenvalue weighted by molar-refractivity contribution is -0.116. The average Bonchev–Trinajstić information content (AvgIpc) is 2.57. The molecule has 0 aliphatic rings. The summed E-state index contributed by atoms with van der Waals surface area (Å²) in [4.78, 5) is 13.7. The van der Waals surface area contributed by atoms with E-state index >= 15 is 0 Å². The topological polar surface area (TPSA) is 75.7 Å². The maximum absolute atomic E-state index is 12.7. The van der Waals surface area contributed by atoms with Crippen LogP contribution in [0.25, 0.3) is 0 Å². The van der Waals surface area contributed by atoms with Crippen LogP contribution in [0.1, 0.15) is 23.6 Å². The van der Waals surface area contributed by atoms with Crippen LogP contribution in [0, 0.1) is 20.8 Å². The third-order valence-corrected chi connectivity index (χ3v) is 5.62. The molecule has 1 amide bonds. The zero-order valence-corrected chi connectivity index (χ0v) is 17.2. The molecule has 2 aromatic carbocycles. The molecule has 6 nitrogen and oxygen atoms in total. The molecule has 0 saturated carbocycles. The van der Waals surface area contributed by atoms with Gasteiger partial charge in [0.25, 0.3) is 0 Å². The van der Waals surface area contributed by atoms with E-state index in [-0.39, 0.29) is 29.6 Å². The van der Waals surface area contributed by atoms with Crippen molar-refractivity contribution in [2.45, 2.75) is 32.6 Å². The van der Waals surface area contributed by atoms with Crippen LogP contribution in [0.15, 0.2) is 41.3 Å². The summed E-state index contributed by atoms with van der Waals surface area (Å²) < 4.78 is 33.1. The predicted octanol–water partition coefficient (Wildman–Crippen LogP) is 2.95. The molecule has 0 unspecified atom stereocenters. The third kappa shape index (κ3) is 5.30. The van der Waals surface area contributed by atoms with E-state index in [1.54, 1.807) is 23.1 Å². The van der Waals surface area contributed by atoms with Gasteiger partial charge in [0.05, 0.1) is 7.11 Å². The van der Waals surface area contributed by atoms with E-state index in [1.165, 1.54) is 14.0 Å². The minimum Gasteiger partial charge on any atom is -0.495 e. The lowest BCUT2D eigenvalue weighted by atomic mass is 10.1. The quantitative estimate of drug-likeness (QED) is 0.789. The smallest absolute Gasteiger partial charge is 0.244 e. The SMILES string of the molecule is COc1ccc(C)cc1S(=O)(=O)NCCN(C(C)=O)c1cc(C)cc(C)c1. The van der Waals surface area contributed by atoms with Crippen LogP contribution in [0.5, 0.6) is 5.75 Å². The van der Waals surface area contributed by atoms with E-state index in [4.69, 9.17) is 4.74 Å². The van der Waals surface area contributed by atoms with Crippen LogP contribution in [-0.2, 0) is 14.8 Å². The number of carbonyl (C=O) groups excluding carboxylic acids is 1. The van der Waals surface area contributed by atoms with Crippen LogP contribution in [0.3, 0.4) is 0 Å². The Morgan fingerprint density at radius 1 is 1.04 bits per heavy atom. The number of methoxy groups -OCH3 is 1. The highest BCUT2D eigenvalue weighted by Crippen LogP contribution is 2.24. The number of benzene rings is 2. The first-order valence-electron chi connectivity index (χ1n) is 8.65. The van der Waals surface area contributed by atoms with Crippen molar-refractivity contribution >= 4 is 21.6 Å². The van der Waals surface area contributed by atoms with Crippen molar-refractivity contribution in [2.75, 3.05) is 25.1 Å². The monoisotopic (exact) mass is 390 g/mol. The first-order chi connectivity index (χ1) is 12.6. The molecule has 0 bridgehead atoms. The van der Waals surface area contributed by atoms with Gasteiger partial charge in [-0.05, 0) is 61.7 Å². The lowest BCUT2D eigenvalue weighted by Gasteiger charge is -2.22. The third-order valence-electron chi connectivity index (χ3n) is 4.13. The van der Waals surface area contributed by atoms with Crippen molar-refractivity contribution in [3.8, 4) is 5.75 Å². The van der Waals surface area contributed by atoms with Crippen molar-refractivity contribution in [2.24, 2.45) is 0 Å². The minimum absolute atomic E-state index is 0.0887. The van der Waals surface area contributed by atoms with E-state index < -0.39 is 10.0 Å². The van der Waals surface area contributed by atoms with E-state index in [0.29, 0.717) is 0 Å². The van der Waals surface area contributed by atoms with Gasteiger partial charge in [-0.15, -0.1) is 0 Å². The number of aryl methyl sites for hydroxylation is 3. The van der Waals surface area contributed by atoms with Gasteiger partial charge in [0, 0.05) is 25.7 Å². The van der Waals surface area contributed by atoms with Gasteiger partial charge in [-0.3, -0.25) is 4.79 Å². The van der Waals surface area contributed by atoms with Gasteiger partial charge < -0.3 is 9.64 Å². The number of amides is 1. The number of nitrogens with one attached hydrogen (secondary N) is 1. The van der Waals surface area contributed by atoms with Gasteiger partial charge in [-0.25, -0.2) is 13.1 Å². The summed E-state index contributed by atoms with van der Waals surface area (Å²) in [6.07, 6.45) is 0. The Morgan fingerprint density at radius 2 is 1.67 bits per heavy atom. The number of carbonyl (C=O) groups is 1. The van der Waals surface area contributed by atoms with Gasteiger partial charge in [-0.2, -0.15) is 0 Å². The van der Waals surface area contributed by atoms with Crippen LogP contribution in [0.4, 0.5) is 5.69 Å². The fraction of sp³-hybridized carbons (Fsp3) is 0.350. The molecule has 146 valence electrons. The molecule has 0 aromatic heterocycles. The Bertz CT molecular complexity index is 919. The van der Waals surface area contributed by atoms with Crippen molar-refractivity contribution in [3.05, 3.63) is 53.1 Å². The first-order valence-corrected chi connectivity index (χ1v) is 10.1. The highest BCUT2D eigenvalue weighted by Gasteiger charge is 2.20. The Labute approximate surface area is 161 Å². The minimum atomic E-state index is -3.76. The first kappa shape index (κ1) is 20.9. The van der Waals surface area contributed by atoms with Crippen LogP contribution in [-0.4, -0.2) is 34.5 Å². The summed E-state index contributed by atoms with van der Waals surface area (Å²) >= 11 is 0. The number of sulfonamides is 1. The van der Waals surface area contributed by atoms with E-state index in [0.717, 1.165) is 22.4 Å². The molecule has 0 atom stereocenters. The highest BCUT2D eigenvalue weighted by atomic mass is 32.2. The molecule has 0 radical (unpaired) electrons. The van der Waals surface area contributed by atoms with Crippen LogP contribution >= 0.6 is 0 Å². The Balaban J connectivity index is 2.17. The molecule has 0 heterocycles. The molecule has 2 aromatic rings. The Morgan fingerprint density at radius 3 is 2.22 bits per heavy atom. The van der Waals surface area contributed by atoms with Gasteiger partial charge >= 0.3 is 0 Å². The highest BCUT2D eigenvalue weighted by molar-refractivity contribution is 7.89. The normalized spacial score (nSPS) is 11.3. The van der Waals surface area contributed by atoms with Gasteiger partial charge in [0.2, 0.25) is 15.9 Å². The molecule has 0 fully saturated rings. The van der Waals surface area contributed by atoms with Crippen molar-refractivity contribution in [1.29, 1.82) is 0 Å².